The average Bonchev–Trinajstić information content (AvgIpc) is 3.05. The van der Waals surface area contributed by atoms with E-state index in [1.807, 2.05) is 6.92 Å². The van der Waals surface area contributed by atoms with Crippen molar-refractivity contribution in [3.63, 3.8) is 0 Å². The molecule has 104 valence electrons. The summed E-state index contributed by atoms with van der Waals surface area (Å²) < 4.78 is 5.25. The Bertz CT molecular complexity index is 459. The van der Waals surface area contributed by atoms with Crippen LogP contribution < -0.4 is 0 Å². The zero-order valence-electron chi connectivity index (χ0n) is 12.6. The summed E-state index contributed by atoms with van der Waals surface area (Å²) in [5.74, 6) is 0.473. The molecule has 2 rings (SSSR count). The first-order valence-electron chi connectivity index (χ1n) is 7.09. The van der Waals surface area contributed by atoms with Gasteiger partial charge in [-0.15, -0.1) is 0 Å². The van der Waals surface area contributed by atoms with Gasteiger partial charge in [-0.3, -0.25) is 4.79 Å². The van der Waals surface area contributed by atoms with E-state index in [9.17, 15) is 4.79 Å². The van der Waals surface area contributed by atoms with Gasteiger partial charge < -0.3 is 4.74 Å². The van der Waals surface area contributed by atoms with E-state index < -0.39 is 8.07 Å². The van der Waals surface area contributed by atoms with Gasteiger partial charge in [-0.1, -0.05) is 49.5 Å². The van der Waals surface area contributed by atoms with Crippen molar-refractivity contribution in [3.8, 4) is 0 Å². The van der Waals surface area contributed by atoms with Crippen molar-refractivity contribution < 1.29 is 9.53 Å². The molecule has 0 radical (unpaired) electrons. The highest BCUT2D eigenvalue weighted by Gasteiger charge is 2.61. The molecule has 1 unspecified atom stereocenters. The maximum absolute atomic E-state index is 12.1. The summed E-state index contributed by atoms with van der Waals surface area (Å²) in [5.41, 5.74) is 3.09. The molecule has 3 atom stereocenters. The Morgan fingerprint density at radius 1 is 1.21 bits per heavy atom. The van der Waals surface area contributed by atoms with Crippen molar-refractivity contribution in [3.05, 3.63) is 35.4 Å². The molecule has 19 heavy (non-hydrogen) atoms. The van der Waals surface area contributed by atoms with Crippen LogP contribution in [0.5, 0.6) is 0 Å². The van der Waals surface area contributed by atoms with Gasteiger partial charge in [-0.25, -0.2) is 0 Å². The quantitative estimate of drug-likeness (QED) is 0.614. The first-order valence-corrected chi connectivity index (χ1v) is 10.7. The van der Waals surface area contributed by atoms with Gasteiger partial charge in [0.05, 0.1) is 12.5 Å². The largest absolute Gasteiger partial charge is 0.466 e. The van der Waals surface area contributed by atoms with Crippen LogP contribution >= 0.6 is 0 Å². The minimum Gasteiger partial charge on any atom is -0.466 e. The summed E-state index contributed by atoms with van der Waals surface area (Å²) in [4.78, 5) is 12.1. The van der Waals surface area contributed by atoms with Crippen LogP contribution in [-0.2, 0) is 9.53 Å². The number of hydrogen-bond acceptors (Lipinski definition) is 2. The molecule has 0 amide bonds. The summed E-state index contributed by atoms with van der Waals surface area (Å²) in [7, 11) is -1.34. The fourth-order valence-electron chi connectivity index (χ4n) is 3.12. The molecule has 0 aromatic heterocycles. The van der Waals surface area contributed by atoms with E-state index in [-0.39, 0.29) is 11.9 Å². The first-order chi connectivity index (χ1) is 8.86. The zero-order valence-corrected chi connectivity index (χ0v) is 13.6. The summed E-state index contributed by atoms with van der Waals surface area (Å²) in [6, 6.07) is 8.62. The Labute approximate surface area is 117 Å². The molecule has 0 N–H and O–H groups in total. The lowest BCUT2D eigenvalue weighted by molar-refractivity contribution is -0.144. The molecule has 0 saturated heterocycles. The second-order valence-electron chi connectivity index (χ2n) is 6.61. The second-order valence-corrected chi connectivity index (χ2v) is 12.0. The van der Waals surface area contributed by atoms with Crippen LogP contribution in [-0.4, -0.2) is 20.7 Å². The minimum atomic E-state index is -1.34. The Morgan fingerprint density at radius 3 is 2.26 bits per heavy atom. The molecule has 1 fully saturated rings. The van der Waals surface area contributed by atoms with Crippen LogP contribution in [0.4, 0.5) is 0 Å². The lowest BCUT2D eigenvalue weighted by atomic mass is 10.1. The summed E-state index contributed by atoms with van der Waals surface area (Å²) >= 11 is 0. The number of carbonyl (C=O) groups is 1. The Morgan fingerprint density at radius 2 is 1.79 bits per heavy atom. The molecule has 1 aliphatic carbocycles. The third kappa shape index (κ3) is 2.91. The van der Waals surface area contributed by atoms with E-state index in [1.54, 1.807) is 0 Å². The van der Waals surface area contributed by atoms with E-state index in [0.717, 1.165) is 0 Å². The van der Waals surface area contributed by atoms with Crippen molar-refractivity contribution in [1.29, 1.82) is 0 Å². The maximum atomic E-state index is 12.1. The summed E-state index contributed by atoms with van der Waals surface area (Å²) in [5, 5.41) is 0. The molecule has 3 heteroatoms. The van der Waals surface area contributed by atoms with Crippen LogP contribution in [0, 0.1) is 12.8 Å². The van der Waals surface area contributed by atoms with Crippen molar-refractivity contribution in [1.82, 2.24) is 0 Å². The van der Waals surface area contributed by atoms with Crippen molar-refractivity contribution in [2.45, 2.75) is 44.9 Å². The van der Waals surface area contributed by atoms with Gasteiger partial charge >= 0.3 is 5.97 Å². The normalized spacial score (nSPS) is 26.1. The predicted molar refractivity (Wildman–Crippen MR) is 81.1 cm³/mol. The van der Waals surface area contributed by atoms with Gasteiger partial charge in [0.15, 0.2) is 0 Å². The Balaban J connectivity index is 2.23. The Kier molecular flexibility index (Phi) is 3.86. The molecular weight excluding hydrogens is 252 g/mol. The SMILES string of the molecule is CCOC(=O)[C@@H]1C([Si](C)(C)C)[C@H]1c1ccc(C)cc1. The lowest BCUT2D eigenvalue weighted by Crippen LogP contribution is -2.23. The highest BCUT2D eigenvalue weighted by Crippen LogP contribution is 2.64. The van der Waals surface area contributed by atoms with Crippen LogP contribution in [0.3, 0.4) is 0 Å². The summed E-state index contributed by atoms with van der Waals surface area (Å²) in [6.45, 7) is 11.5. The minimum absolute atomic E-state index is 0.000463. The smallest absolute Gasteiger partial charge is 0.309 e. The Hall–Kier alpha value is -1.09. The molecular formula is C16H24O2Si. The van der Waals surface area contributed by atoms with Crippen LogP contribution in [0.2, 0.25) is 25.2 Å². The van der Waals surface area contributed by atoms with Gasteiger partial charge in [0.25, 0.3) is 0 Å². The molecule has 0 aliphatic heterocycles. The van der Waals surface area contributed by atoms with Gasteiger partial charge in [0.2, 0.25) is 0 Å². The monoisotopic (exact) mass is 276 g/mol. The number of rotatable bonds is 4. The van der Waals surface area contributed by atoms with Crippen LogP contribution in [0.1, 0.15) is 24.0 Å². The van der Waals surface area contributed by atoms with E-state index in [4.69, 9.17) is 4.74 Å². The number of benzene rings is 1. The van der Waals surface area contributed by atoms with Crippen LogP contribution in [0.15, 0.2) is 24.3 Å². The van der Waals surface area contributed by atoms with Gasteiger partial charge in [-0.2, -0.15) is 0 Å². The molecule has 1 aromatic carbocycles. The predicted octanol–water partition coefficient (Wildman–Crippen LogP) is 3.98. The second kappa shape index (κ2) is 5.12. The van der Waals surface area contributed by atoms with Gasteiger partial charge in [0, 0.05) is 8.07 Å². The molecule has 1 aliphatic rings. The standard InChI is InChI=1S/C16H24O2Si/c1-6-18-16(17)14-13(15(14)19(3,4)5)12-9-7-11(2)8-10-12/h7-10,13-15H,6H2,1-5H3/t13-,14-,15?/m0/s1. The highest BCUT2D eigenvalue weighted by atomic mass is 28.3. The first kappa shape index (κ1) is 14.3. The van der Waals surface area contributed by atoms with Crippen molar-refractivity contribution >= 4 is 14.0 Å². The van der Waals surface area contributed by atoms with Crippen LogP contribution in [0.25, 0.3) is 0 Å². The molecule has 0 bridgehead atoms. The fourth-order valence-corrected chi connectivity index (χ4v) is 5.91. The molecule has 1 saturated carbocycles. The van der Waals surface area contributed by atoms with E-state index in [0.29, 0.717) is 18.1 Å². The third-order valence-electron chi connectivity index (χ3n) is 4.04. The average molecular weight is 276 g/mol. The molecule has 1 aromatic rings. The number of aryl methyl sites for hydroxylation is 1. The van der Waals surface area contributed by atoms with Crippen molar-refractivity contribution in [2.75, 3.05) is 6.61 Å². The summed E-state index contributed by atoms with van der Waals surface area (Å²) in [6.07, 6.45) is 0. The van der Waals surface area contributed by atoms with E-state index in [2.05, 4.69) is 50.8 Å². The van der Waals surface area contributed by atoms with Gasteiger partial charge in [-0.05, 0) is 30.9 Å². The molecule has 2 nitrogen and oxygen atoms in total. The highest BCUT2D eigenvalue weighted by molar-refractivity contribution is 6.79. The fraction of sp³-hybridized carbons (Fsp3) is 0.562. The number of hydrogen-bond donors (Lipinski definition) is 0. The van der Waals surface area contributed by atoms with E-state index >= 15 is 0 Å². The topological polar surface area (TPSA) is 26.3 Å². The number of esters is 1. The zero-order chi connectivity index (χ0) is 14.2. The van der Waals surface area contributed by atoms with Crippen molar-refractivity contribution in [2.24, 2.45) is 5.92 Å². The van der Waals surface area contributed by atoms with Gasteiger partial charge in [0.1, 0.15) is 0 Å². The lowest BCUT2D eigenvalue weighted by Gasteiger charge is -2.16. The van der Waals surface area contributed by atoms with E-state index in [1.165, 1.54) is 11.1 Å². The maximum Gasteiger partial charge on any atom is 0.309 e. The molecule has 0 spiro atoms. The number of ether oxygens (including phenoxy) is 1. The third-order valence-corrected chi connectivity index (χ3v) is 6.76. The molecule has 0 heterocycles. The number of carbonyl (C=O) groups excluding carboxylic acids is 1.